The van der Waals surface area contributed by atoms with Gasteiger partial charge in [0.05, 0.1) is 12.0 Å². The van der Waals surface area contributed by atoms with Gasteiger partial charge in [0.2, 0.25) is 0 Å². The Labute approximate surface area is 104 Å². The maximum absolute atomic E-state index is 10.8. The van der Waals surface area contributed by atoms with Crippen LogP contribution in [-0.2, 0) is 4.79 Å². The molecule has 92 valence electrons. The second kappa shape index (κ2) is 5.42. The fraction of sp³-hybridized carbons (Fsp3) is 0.417. The Kier molecular flexibility index (Phi) is 3.91. The van der Waals surface area contributed by atoms with Crippen molar-refractivity contribution in [3.63, 3.8) is 0 Å². The molecule has 5 heteroatoms. The van der Waals surface area contributed by atoms with Crippen LogP contribution < -0.4 is 10.1 Å². The summed E-state index contributed by atoms with van der Waals surface area (Å²) in [7, 11) is 0. The first-order chi connectivity index (χ1) is 8.20. The van der Waals surface area contributed by atoms with E-state index in [1.807, 2.05) is 31.2 Å². The van der Waals surface area contributed by atoms with Crippen LogP contribution in [0.25, 0.3) is 0 Å². The number of nitrogens with one attached hydrogen (secondary N) is 1. The molecule has 0 aromatic heterocycles. The fourth-order valence-electron chi connectivity index (χ4n) is 1.74. The van der Waals surface area contributed by atoms with Crippen molar-refractivity contribution in [2.45, 2.75) is 18.3 Å². The Hall–Kier alpha value is -1.20. The first-order valence-corrected chi connectivity index (χ1v) is 6.59. The highest BCUT2D eigenvalue weighted by Crippen LogP contribution is 2.34. The normalized spacial score (nSPS) is 23.6. The second-order valence-corrected chi connectivity index (χ2v) is 4.91. The first-order valence-electron chi connectivity index (χ1n) is 5.54. The Morgan fingerprint density at radius 3 is 3.12 bits per heavy atom. The average Bonchev–Trinajstić information content (AvgIpc) is 2.79. The predicted molar refractivity (Wildman–Crippen MR) is 67.4 cm³/mol. The molecule has 0 saturated carbocycles. The summed E-state index contributed by atoms with van der Waals surface area (Å²) in [4.78, 5) is 10.8. The lowest BCUT2D eigenvalue weighted by Gasteiger charge is -2.12. The number of aliphatic carboxylic acids is 1. The topological polar surface area (TPSA) is 58.6 Å². The van der Waals surface area contributed by atoms with Crippen LogP contribution in [0.2, 0.25) is 0 Å². The minimum absolute atomic E-state index is 0.0384. The van der Waals surface area contributed by atoms with Crippen molar-refractivity contribution in [1.29, 1.82) is 0 Å². The Balaban J connectivity index is 2.08. The molecule has 1 saturated heterocycles. The number of hydrogen-bond donors (Lipinski definition) is 2. The summed E-state index contributed by atoms with van der Waals surface area (Å²) >= 11 is 1.61. The number of carbonyl (C=O) groups is 1. The standard InChI is InChI=1S/C12H15NO3S/c1-2-16-9-5-3-4-8(6-9)11-13-10(7-17-11)12(14)15/h3-6,10-11,13H,2,7H2,1H3,(H,14,15). The molecule has 1 heterocycles. The summed E-state index contributed by atoms with van der Waals surface area (Å²) in [5, 5.41) is 12.0. The van der Waals surface area contributed by atoms with Crippen LogP contribution in [0.3, 0.4) is 0 Å². The van der Waals surface area contributed by atoms with Crippen LogP contribution in [-0.4, -0.2) is 29.5 Å². The van der Waals surface area contributed by atoms with Crippen molar-refractivity contribution < 1.29 is 14.6 Å². The number of ether oxygens (including phenoxy) is 1. The summed E-state index contributed by atoms with van der Waals surface area (Å²) < 4.78 is 5.43. The van der Waals surface area contributed by atoms with Crippen molar-refractivity contribution in [3.05, 3.63) is 29.8 Å². The lowest BCUT2D eigenvalue weighted by molar-refractivity contribution is -0.138. The Bertz CT molecular complexity index is 410. The van der Waals surface area contributed by atoms with Gasteiger partial charge in [-0.15, -0.1) is 11.8 Å². The summed E-state index contributed by atoms with van der Waals surface area (Å²) in [6, 6.07) is 7.31. The van der Waals surface area contributed by atoms with Gasteiger partial charge in [-0.25, -0.2) is 0 Å². The smallest absolute Gasteiger partial charge is 0.321 e. The number of thioether (sulfide) groups is 1. The van der Waals surface area contributed by atoms with E-state index in [0.29, 0.717) is 12.4 Å². The summed E-state index contributed by atoms with van der Waals surface area (Å²) in [6.07, 6.45) is 0. The minimum atomic E-state index is -0.791. The maximum atomic E-state index is 10.8. The number of hydrogen-bond acceptors (Lipinski definition) is 4. The SMILES string of the molecule is CCOc1cccc(C2NC(C(=O)O)CS2)c1. The number of carboxylic acids is 1. The molecule has 2 atom stereocenters. The molecular weight excluding hydrogens is 238 g/mol. The minimum Gasteiger partial charge on any atom is -0.494 e. The van der Waals surface area contributed by atoms with E-state index in [9.17, 15) is 4.79 Å². The molecule has 0 amide bonds. The van der Waals surface area contributed by atoms with Gasteiger partial charge in [-0.05, 0) is 24.6 Å². The zero-order valence-corrected chi connectivity index (χ0v) is 10.4. The van der Waals surface area contributed by atoms with E-state index in [-0.39, 0.29) is 5.37 Å². The van der Waals surface area contributed by atoms with Gasteiger partial charge >= 0.3 is 5.97 Å². The van der Waals surface area contributed by atoms with Crippen LogP contribution in [0.15, 0.2) is 24.3 Å². The van der Waals surface area contributed by atoms with Gasteiger partial charge in [0.15, 0.2) is 0 Å². The molecule has 0 bridgehead atoms. The van der Waals surface area contributed by atoms with Gasteiger partial charge in [0.1, 0.15) is 11.8 Å². The van der Waals surface area contributed by atoms with Crippen molar-refractivity contribution in [3.8, 4) is 5.75 Å². The number of rotatable bonds is 4. The number of carboxylic acid groups (broad SMARTS) is 1. The average molecular weight is 253 g/mol. The van der Waals surface area contributed by atoms with E-state index in [2.05, 4.69) is 5.32 Å². The third-order valence-corrected chi connectivity index (χ3v) is 3.82. The van der Waals surface area contributed by atoms with Crippen LogP contribution in [0.1, 0.15) is 17.9 Å². The zero-order chi connectivity index (χ0) is 12.3. The molecule has 1 aliphatic heterocycles. The molecule has 17 heavy (non-hydrogen) atoms. The summed E-state index contributed by atoms with van der Waals surface area (Å²) in [5.41, 5.74) is 1.06. The molecule has 2 rings (SSSR count). The van der Waals surface area contributed by atoms with E-state index in [4.69, 9.17) is 9.84 Å². The van der Waals surface area contributed by atoms with E-state index in [0.717, 1.165) is 11.3 Å². The molecule has 1 aliphatic rings. The van der Waals surface area contributed by atoms with Crippen LogP contribution >= 0.6 is 11.8 Å². The lowest BCUT2D eigenvalue weighted by atomic mass is 10.2. The molecule has 1 aromatic rings. The molecule has 1 aromatic carbocycles. The Morgan fingerprint density at radius 1 is 1.65 bits per heavy atom. The largest absolute Gasteiger partial charge is 0.494 e. The summed E-state index contributed by atoms with van der Waals surface area (Å²) in [5.74, 6) is 0.630. The van der Waals surface area contributed by atoms with Crippen molar-refractivity contribution in [2.75, 3.05) is 12.4 Å². The molecule has 1 fully saturated rings. The van der Waals surface area contributed by atoms with Crippen molar-refractivity contribution in [1.82, 2.24) is 5.32 Å². The van der Waals surface area contributed by atoms with Crippen LogP contribution in [0, 0.1) is 0 Å². The fourth-order valence-corrected chi connectivity index (χ4v) is 2.96. The lowest BCUT2D eigenvalue weighted by Crippen LogP contribution is -2.33. The monoisotopic (exact) mass is 253 g/mol. The van der Waals surface area contributed by atoms with Crippen LogP contribution in [0.4, 0.5) is 0 Å². The molecular formula is C12H15NO3S. The van der Waals surface area contributed by atoms with Gasteiger partial charge in [-0.3, -0.25) is 10.1 Å². The Morgan fingerprint density at radius 2 is 2.47 bits per heavy atom. The third-order valence-electron chi connectivity index (χ3n) is 2.55. The van der Waals surface area contributed by atoms with E-state index in [1.165, 1.54) is 0 Å². The van der Waals surface area contributed by atoms with Crippen LogP contribution in [0.5, 0.6) is 5.75 Å². The quantitative estimate of drug-likeness (QED) is 0.858. The molecule has 0 spiro atoms. The summed E-state index contributed by atoms with van der Waals surface area (Å²) in [6.45, 7) is 2.57. The molecule has 0 radical (unpaired) electrons. The first kappa shape index (κ1) is 12.3. The van der Waals surface area contributed by atoms with Gasteiger partial charge in [0, 0.05) is 5.75 Å². The second-order valence-electron chi connectivity index (χ2n) is 3.78. The van der Waals surface area contributed by atoms with E-state index in [1.54, 1.807) is 11.8 Å². The van der Waals surface area contributed by atoms with E-state index >= 15 is 0 Å². The third kappa shape index (κ3) is 2.92. The molecule has 0 aliphatic carbocycles. The number of benzene rings is 1. The maximum Gasteiger partial charge on any atom is 0.321 e. The van der Waals surface area contributed by atoms with Gasteiger partial charge in [0.25, 0.3) is 0 Å². The highest BCUT2D eigenvalue weighted by molar-refractivity contribution is 7.99. The molecule has 2 N–H and O–H groups in total. The van der Waals surface area contributed by atoms with Crippen molar-refractivity contribution in [2.24, 2.45) is 0 Å². The van der Waals surface area contributed by atoms with Gasteiger partial charge in [-0.1, -0.05) is 12.1 Å². The van der Waals surface area contributed by atoms with E-state index < -0.39 is 12.0 Å². The van der Waals surface area contributed by atoms with Gasteiger partial charge in [-0.2, -0.15) is 0 Å². The highest BCUT2D eigenvalue weighted by Gasteiger charge is 2.30. The highest BCUT2D eigenvalue weighted by atomic mass is 32.2. The molecule has 4 nitrogen and oxygen atoms in total. The van der Waals surface area contributed by atoms with Gasteiger partial charge < -0.3 is 9.84 Å². The van der Waals surface area contributed by atoms with Crippen molar-refractivity contribution >= 4 is 17.7 Å². The predicted octanol–water partition coefficient (Wildman–Crippen LogP) is 1.87. The molecule has 2 unspecified atom stereocenters. The zero-order valence-electron chi connectivity index (χ0n) is 9.55.